The lowest BCUT2D eigenvalue weighted by Gasteiger charge is -2.45. The molecule has 122 valence electrons. The van der Waals surface area contributed by atoms with E-state index in [1.54, 1.807) is 0 Å². The Balaban J connectivity index is 1.62. The minimum absolute atomic E-state index is 0.0424. The van der Waals surface area contributed by atoms with Crippen LogP contribution in [0.3, 0.4) is 0 Å². The number of carbonyl (C=O) groups is 2. The summed E-state index contributed by atoms with van der Waals surface area (Å²) in [6, 6.07) is 8.15. The molecule has 0 radical (unpaired) electrons. The molecule has 2 heterocycles. The van der Waals surface area contributed by atoms with E-state index in [-0.39, 0.29) is 24.2 Å². The standard InChI is InChI=1S/C19H24N2O2/c22-18-12-15(14-8-2-3-9-16(14)20-18)19(23)21-11-5-7-13-6-1-4-10-17(13)21/h2-3,8-9,13,15,17H,1,4-7,10-12H2,(H,20,22). The van der Waals surface area contributed by atoms with Crippen LogP contribution in [-0.2, 0) is 9.59 Å². The van der Waals surface area contributed by atoms with Gasteiger partial charge in [-0.2, -0.15) is 0 Å². The molecule has 0 bridgehead atoms. The second kappa shape index (κ2) is 5.99. The van der Waals surface area contributed by atoms with Crippen molar-refractivity contribution in [2.75, 3.05) is 11.9 Å². The van der Waals surface area contributed by atoms with Crippen LogP contribution in [0.2, 0.25) is 0 Å². The van der Waals surface area contributed by atoms with E-state index in [9.17, 15) is 9.59 Å². The first kappa shape index (κ1) is 14.7. The minimum atomic E-state index is -0.305. The lowest BCUT2D eigenvalue weighted by Crippen LogP contribution is -2.51. The number of para-hydroxylation sites is 1. The van der Waals surface area contributed by atoms with Crippen molar-refractivity contribution in [3.05, 3.63) is 29.8 Å². The average molecular weight is 312 g/mol. The van der Waals surface area contributed by atoms with Crippen molar-refractivity contribution in [1.29, 1.82) is 0 Å². The molecule has 0 spiro atoms. The van der Waals surface area contributed by atoms with Gasteiger partial charge in [-0.05, 0) is 43.2 Å². The predicted octanol–water partition coefficient (Wildman–Crippen LogP) is 3.29. The third kappa shape index (κ3) is 2.64. The molecule has 1 N–H and O–H groups in total. The van der Waals surface area contributed by atoms with Gasteiger partial charge in [0.25, 0.3) is 0 Å². The normalized spacial score (nSPS) is 30.2. The predicted molar refractivity (Wildman–Crippen MR) is 89.1 cm³/mol. The number of likely N-dealkylation sites (tertiary alicyclic amines) is 1. The molecule has 4 nitrogen and oxygen atoms in total. The topological polar surface area (TPSA) is 49.4 Å². The lowest BCUT2D eigenvalue weighted by molar-refractivity contribution is -0.140. The van der Waals surface area contributed by atoms with Crippen molar-refractivity contribution < 1.29 is 9.59 Å². The largest absolute Gasteiger partial charge is 0.339 e. The Kier molecular flexibility index (Phi) is 3.83. The molecule has 3 atom stereocenters. The van der Waals surface area contributed by atoms with Crippen molar-refractivity contribution in [3.8, 4) is 0 Å². The maximum absolute atomic E-state index is 13.3. The Morgan fingerprint density at radius 2 is 1.87 bits per heavy atom. The fraction of sp³-hybridized carbons (Fsp3) is 0.579. The molecule has 0 aromatic heterocycles. The van der Waals surface area contributed by atoms with Gasteiger partial charge in [0.2, 0.25) is 11.8 Å². The number of amides is 2. The Hall–Kier alpha value is -1.84. The summed E-state index contributed by atoms with van der Waals surface area (Å²) in [7, 11) is 0. The van der Waals surface area contributed by atoms with Crippen molar-refractivity contribution in [1.82, 2.24) is 4.90 Å². The van der Waals surface area contributed by atoms with Crippen molar-refractivity contribution in [2.24, 2.45) is 5.92 Å². The molecule has 1 aromatic rings. The molecular weight excluding hydrogens is 288 g/mol. The summed E-state index contributed by atoms with van der Waals surface area (Å²) in [5.74, 6) is 0.498. The molecule has 3 unspecified atom stereocenters. The third-order valence-corrected chi connectivity index (χ3v) is 5.82. The zero-order valence-corrected chi connectivity index (χ0v) is 13.5. The summed E-state index contributed by atoms with van der Waals surface area (Å²) in [6.07, 6.45) is 7.57. The Bertz CT molecular complexity index is 626. The molecule has 4 heteroatoms. The summed E-state index contributed by atoms with van der Waals surface area (Å²) in [5, 5.41) is 2.89. The van der Waals surface area contributed by atoms with Gasteiger partial charge in [-0.15, -0.1) is 0 Å². The van der Waals surface area contributed by atoms with Gasteiger partial charge in [0.15, 0.2) is 0 Å². The lowest BCUT2D eigenvalue weighted by atomic mass is 9.77. The van der Waals surface area contributed by atoms with Crippen molar-refractivity contribution in [3.63, 3.8) is 0 Å². The smallest absolute Gasteiger partial charge is 0.230 e. The fourth-order valence-corrected chi connectivity index (χ4v) is 4.73. The Morgan fingerprint density at radius 3 is 2.78 bits per heavy atom. The van der Waals surface area contributed by atoms with Crippen LogP contribution in [0.1, 0.15) is 56.4 Å². The molecule has 1 saturated carbocycles. The first-order valence-corrected chi connectivity index (χ1v) is 8.93. The van der Waals surface area contributed by atoms with Crippen LogP contribution in [0, 0.1) is 5.92 Å². The molecule has 2 fully saturated rings. The van der Waals surface area contributed by atoms with Crippen molar-refractivity contribution in [2.45, 2.75) is 56.9 Å². The van der Waals surface area contributed by atoms with Gasteiger partial charge in [-0.1, -0.05) is 31.0 Å². The number of hydrogen-bond acceptors (Lipinski definition) is 2. The summed E-state index contributed by atoms with van der Waals surface area (Å²) in [5.41, 5.74) is 1.79. The molecule has 2 amide bonds. The maximum Gasteiger partial charge on any atom is 0.230 e. The second-order valence-corrected chi connectivity index (χ2v) is 7.18. The molecule has 1 aliphatic carbocycles. The Labute approximate surface area is 137 Å². The van der Waals surface area contributed by atoms with Crippen molar-refractivity contribution >= 4 is 17.5 Å². The van der Waals surface area contributed by atoms with Crippen LogP contribution in [-0.4, -0.2) is 29.3 Å². The van der Waals surface area contributed by atoms with Crippen LogP contribution in [0.5, 0.6) is 0 Å². The van der Waals surface area contributed by atoms with E-state index in [1.807, 2.05) is 24.3 Å². The fourth-order valence-electron chi connectivity index (χ4n) is 4.73. The molecular formula is C19H24N2O2. The Morgan fingerprint density at radius 1 is 1.09 bits per heavy atom. The number of benzene rings is 1. The molecule has 1 aromatic carbocycles. The zero-order valence-electron chi connectivity index (χ0n) is 13.5. The SMILES string of the molecule is O=C1CC(C(=O)N2CCCC3CCCCC32)c2ccccc2N1. The number of nitrogens with one attached hydrogen (secondary N) is 1. The molecule has 1 saturated heterocycles. The number of anilines is 1. The third-order valence-electron chi connectivity index (χ3n) is 5.82. The number of nitrogens with zero attached hydrogens (tertiary/aromatic N) is 1. The highest BCUT2D eigenvalue weighted by Gasteiger charge is 2.40. The molecule has 2 aliphatic heterocycles. The maximum atomic E-state index is 13.3. The van der Waals surface area contributed by atoms with E-state index in [4.69, 9.17) is 0 Å². The van der Waals surface area contributed by atoms with Crippen LogP contribution in [0.4, 0.5) is 5.69 Å². The van der Waals surface area contributed by atoms with Gasteiger partial charge >= 0.3 is 0 Å². The zero-order chi connectivity index (χ0) is 15.8. The van der Waals surface area contributed by atoms with Crippen LogP contribution in [0.15, 0.2) is 24.3 Å². The van der Waals surface area contributed by atoms with Gasteiger partial charge in [0.1, 0.15) is 0 Å². The van der Waals surface area contributed by atoms with Gasteiger partial charge < -0.3 is 10.2 Å². The number of carbonyl (C=O) groups excluding carboxylic acids is 2. The van der Waals surface area contributed by atoms with Crippen LogP contribution < -0.4 is 5.32 Å². The van der Waals surface area contributed by atoms with E-state index < -0.39 is 0 Å². The molecule has 4 rings (SSSR count). The minimum Gasteiger partial charge on any atom is -0.339 e. The summed E-state index contributed by atoms with van der Waals surface area (Å²) in [6.45, 7) is 0.861. The summed E-state index contributed by atoms with van der Waals surface area (Å²) < 4.78 is 0. The molecule has 23 heavy (non-hydrogen) atoms. The number of hydrogen-bond donors (Lipinski definition) is 1. The number of fused-ring (bicyclic) bond motifs is 2. The highest BCUT2D eigenvalue weighted by molar-refractivity contribution is 6.01. The average Bonchev–Trinajstić information content (AvgIpc) is 2.60. The monoisotopic (exact) mass is 312 g/mol. The molecule has 3 aliphatic rings. The first-order chi connectivity index (χ1) is 11.2. The number of rotatable bonds is 1. The van der Waals surface area contributed by atoms with Crippen LogP contribution in [0.25, 0.3) is 0 Å². The summed E-state index contributed by atoms with van der Waals surface area (Å²) >= 11 is 0. The number of piperidine rings is 1. The summed E-state index contributed by atoms with van der Waals surface area (Å²) in [4.78, 5) is 27.4. The quantitative estimate of drug-likeness (QED) is 0.865. The highest BCUT2D eigenvalue weighted by Crippen LogP contribution is 2.39. The van der Waals surface area contributed by atoms with E-state index in [2.05, 4.69) is 10.2 Å². The highest BCUT2D eigenvalue weighted by atomic mass is 16.2. The van der Waals surface area contributed by atoms with E-state index in [0.717, 1.165) is 30.6 Å². The van der Waals surface area contributed by atoms with Crippen LogP contribution >= 0.6 is 0 Å². The van der Waals surface area contributed by atoms with E-state index in [0.29, 0.717) is 12.0 Å². The van der Waals surface area contributed by atoms with Gasteiger partial charge in [-0.3, -0.25) is 9.59 Å². The first-order valence-electron chi connectivity index (χ1n) is 8.93. The van der Waals surface area contributed by atoms with Gasteiger partial charge in [0, 0.05) is 24.7 Å². The van der Waals surface area contributed by atoms with E-state index in [1.165, 1.54) is 25.7 Å². The second-order valence-electron chi connectivity index (χ2n) is 7.18. The van der Waals surface area contributed by atoms with Gasteiger partial charge in [0.05, 0.1) is 5.92 Å². The van der Waals surface area contributed by atoms with E-state index >= 15 is 0 Å². The van der Waals surface area contributed by atoms with Gasteiger partial charge in [-0.25, -0.2) is 0 Å².